The van der Waals surface area contributed by atoms with E-state index >= 15 is 0 Å². The summed E-state index contributed by atoms with van der Waals surface area (Å²) in [6.07, 6.45) is 3.67. The van der Waals surface area contributed by atoms with Gasteiger partial charge in [-0.05, 0) is 18.6 Å². The van der Waals surface area contributed by atoms with Crippen molar-refractivity contribution < 1.29 is 0 Å². The van der Waals surface area contributed by atoms with Crippen LogP contribution in [0.3, 0.4) is 0 Å². The molecule has 0 bridgehead atoms. The molecule has 112 valence electrons. The van der Waals surface area contributed by atoms with Gasteiger partial charge in [0.15, 0.2) is 5.82 Å². The third kappa shape index (κ3) is 2.37. The zero-order valence-electron chi connectivity index (χ0n) is 12.3. The van der Waals surface area contributed by atoms with Crippen LogP contribution in [0.15, 0.2) is 24.3 Å². The van der Waals surface area contributed by atoms with Gasteiger partial charge in [-0.15, -0.1) is 10.2 Å². The normalized spacial score (nSPS) is 11.7. The molecule has 4 aromatic rings. The number of rotatable bonds is 5. The quantitative estimate of drug-likeness (QED) is 0.615. The average Bonchev–Trinajstić information content (AvgIpc) is 3.20. The summed E-state index contributed by atoms with van der Waals surface area (Å²) >= 11 is 1.61. The lowest BCUT2D eigenvalue weighted by atomic mass is 10.3. The van der Waals surface area contributed by atoms with Crippen LogP contribution in [0.1, 0.15) is 30.0 Å². The second-order valence-corrected chi connectivity index (χ2v) is 6.30. The Balaban J connectivity index is 1.53. The van der Waals surface area contributed by atoms with Crippen molar-refractivity contribution in [1.29, 1.82) is 0 Å². The number of benzene rings is 1. The van der Waals surface area contributed by atoms with E-state index in [2.05, 4.69) is 32.2 Å². The number of H-pyrrole nitrogens is 1. The number of aryl methyl sites for hydroxylation is 3. The summed E-state index contributed by atoms with van der Waals surface area (Å²) in [6, 6.07) is 8.09. The van der Waals surface area contributed by atoms with Crippen LogP contribution >= 0.6 is 11.3 Å². The van der Waals surface area contributed by atoms with Gasteiger partial charge in [-0.1, -0.05) is 30.4 Å². The number of hydrogen-bond donors (Lipinski definition) is 1. The Kier molecular flexibility index (Phi) is 3.34. The van der Waals surface area contributed by atoms with E-state index in [4.69, 9.17) is 0 Å². The molecule has 0 aliphatic carbocycles. The molecule has 0 fully saturated rings. The minimum Gasteiger partial charge on any atom is -0.342 e. The summed E-state index contributed by atoms with van der Waals surface area (Å²) in [5, 5.41) is 14.1. The Labute approximate surface area is 131 Å². The highest BCUT2D eigenvalue weighted by molar-refractivity contribution is 7.16. The van der Waals surface area contributed by atoms with E-state index in [0.29, 0.717) is 0 Å². The lowest BCUT2D eigenvalue weighted by Gasteiger charge is -1.93. The predicted molar refractivity (Wildman–Crippen MR) is 86.2 cm³/mol. The molecule has 0 spiro atoms. The first-order valence-corrected chi connectivity index (χ1v) is 8.29. The van der Waals surface area contributed by atoms with Gasteiger partial charge in [-0.3, -0.25) is 0 Å². The standard InChI is InChI=1S/C15H16N6S/c1-2-5-13-18-19-15-21(13)20-14(22-15)9-8-12-16-10-6-3-4-7-11(10)17-12/h3-4,6-7H,2,5,8-9H2,1H3,(H,16,17). The number of nitrogens with one attached hydrogen (secondary N) is 1. The van der Waals surface area contributed by atoms with Gasteiger partial charge in [-0.2, -0.15) is 9.61 Å². The molecule has 7 heteroatoms. The van der Waals surface area contributed by atoms with Crippen LogP contribution in [0, 0.1) is 0 Å². The average molecular weight is 312 g/mol. The van der Waals surface area contributed by atoms with Crippen molar-refractivity contribution in [3.63, 3.8) is 0 Å². The van der Waals surface area contributed by atoms with Crippen molar-refractivity contribution >= 4 is 27.3 Å². The zero-order chi connectivity index (χ0) is 14.9. The highest BCUT2D eigenvalue weighted by Gasteiger charge is 2.11. The van der Waals surface area contributed by atoms with E-state index in [-0.39, 0.29) is 0 Å². The van der Waals surface area contributed by atoms with Gasteiger partial charge in [0.1, 0.15) is 10.8 Å². The van der Waals surface area contributed by atoms with Gasteiger partial charge in [0.05, 0.1) is 11.0 Å². The number of nitrogens with zero attached hydrogens (tertiary/aromatic N) is 5. The third-order valence-corrected chi connectivity index (χ3v) is 4.54. The Morgan fingerprint density at radius 2 is 2.05 bits per heavy atom. The van der Waals surface area contributed by atoms with Gasteiger partial charge in [0.2, 0.25) is 4.96 Å². The zero-order valence-corrected chi connectivity index (χ0v) is 13.1. The maximum Gasteiger partial charge on any atom is 0.234 e. The molecular weight excluding hydrogens is 296 g/mol. The van der Waals surface area contributed by atoms with Crippen LogP contribution in [0.25, 0.3) is 16.0 Å². The fourth-order valence-electron chi connectivity index (χ4n) is 2.53. The summed E-state index contributed by atoms with van der Waals surface area (Å²) in [5.74, 6) is 1.95. The van der Waals surface area contributed by atoms with Gasteiger partial charge >= 0.3 is 0 Å². The first kappa shape index (κ1) is 13.4. The van der Waals surface area contributed by atoms with Crippen molar-refractivity contribution in [3.8, 4) is 0 Å². The Morgan fingerprint density at radius 3 is 2.91 bits per heavy atom. The van der Waals surface area contributed by atoms with Crippen molar-refractivity contribution in [1.82, 2.24) is 29.8 Å². The van der Waals surface area contributed by atoms with Crippen LogP contribution < -0.4 is 0 Å². The molecule has 0 aliphatic heterocycles. The van der Waals surface area contributed by atoms with E-state index < -0.39 is 0 Å². The van der Waals surface area contributed by atoms with Crippen LogP contribution in [0.4, 0.5) is 0 Å². The molecule has 1 N–H and O–H groups in total. The van der Waals surface area contributed by atoms with Crippen molar-refractivity contribution in [3.05, 3.63) is 40.9 Å². The maximum absolute atomic E-state index is 4.63. The van der Waals surface area contributed by atoms with E-state index in [1.165, 1.54) is 0 Å². The topological polar surface area (TPSA) is 71.8 Å². The molecule has 0 atom stereocenters. The second-order valence-electron chi connectivity index (χ2n) is 5.26. The summed E-state index contributed by atoms with van der Waals surface area (Å²) in [5.41, 5.74) is 2.10. The summed E-state index contributed by atoms with van der Waals surface area (Å²) in [4.78, 5) is 8.84. The first-order valence-electron chi connectivity index (χ1n) is 7.47. The van der Waals surface area contributed by atoms with Crippen molar-refractivity contribution in [2.45, 2.75) is 32.6 Å². The predicted octanol–water partition coefficient (Wildman–Crippen LogP) is 2.80. The molecule has 3 heterocycles. The molecule has 6 nitrogen and oxygen atoms in total. The van der Waals surface area contributed by atoms with Crippen LogP contribution in [-0.2, 0) is 19.3 Å². The van der Waals surface area contributed by atoms with Crippen molar-refractivity contribution in [2.24, 2.45) is 0 Å². The van der Waals surface area contributed by atoms with Crippen LogP contribution in [0.5, 0.6) is 0 Å². The number of para-hydroxylation sites is 2. The molecule has 3 aromatic heterocycles. The Bertz CT molecular complexity index is 885. The second kappa shape index (κ2) is 5.49. The Hall–Kier alpha value is -2.28. The van der Waals surface area contributed by atoms with E-state index in [1.54, 1.807) is 11.3 Å². The lowest BCUT2D eigenvalue weighted by molar-refractivity contribution is 0.756. The highest BCUT2D eigenvalue weighted by atomic mass is 32.1. The van der Waals surface area contributed by atoms with Crippen LogP contribution in [0.2, 0.25) is 0 Å². The van der Waals surface area contributed by atoms with Gasteiger partial charge in [-0.25, -0.2) is 4.98 Å². The smallest absolute Gasteiger partial charge is 0.234 e. The van der Waals surface area contributed by atoms with Gasteiger partial charge in [0.25, 0.3) is 0 Å². The first-order chi connectivity index (χ1) is 10.8. The fourth-order valence-corrected chi connectivity index (χ4v) is 3.38. The van der Waals surface area contributed by atoms with Crippen molar-refractivity contribution in [2.75, 3.05) is 0 Å². The van der Waals surface area contributed by atoms with Crippen LogP contribution in [-0.4, -0.2) is 29.8 Å². The monoisotopic (exact) mass is 312 g/mol. The number of imidazole rings is 1. The molecular formula is C15H16N6S. The minimum absolute atomic E-state index is 0.849. The van der Waals surface area contributed by atoms with E-state index in [0.717, 1.165) is 58.3 Å². The molecule has 0 saturated carbocycles. The molecule has 0 aliphatic rings. The summed E-state index contributed by atoms with van der Waals surface area (Å²) in [6.45, 7) is 2.13. The largest absolute Gasteiger partial charge is 0.342 e. The third-order valence-electron chi connectivity index (χ3n) is 3.58. The molecule has 0 amide bonds. The molecule has 0 radical (unpaired) electrons. The van der Waals surface area contributed by atoms with Gasteiger partial charge < -0.3 is 4.98 Å². The maximum atomic E-state index is 4.63. The SMILES string of the molecule is CCCc1nnc2sc(CCc3nc4ccccc4[nH]3)nn12. The lowest BCUT2D eigenvalue weighted by Crippen LogP contribution is -1.98. The molecule has 4 rings (SSSR count). The Morgan fingerprint density at radius 1 is 1.14 bits per heavy atom. The molecule has 0 saturated heterocycles. The molecule has 1 aromatic carbocycles. The van der Waals surface area contributed by atoms with Gasteiger partial charge in [0, 0.05) is 19.3 Å². The fraction of sp³-hybridized carbons (Fsp3) is 0.333. The van der Waals surface area contributed by atoms with E-state index in [9.17, 15) is 0 Å². The summed E-state index contributed by atoms with van der Waals surface area (Å²) in [7, 11) is 0. The van der Waals surface area contributed by atoms with E-state index in [1.807, 2.05) is 28.8 Å². The highest BCUT2D eigenvalue weighted by Crippen LogP contribution is 2.17. The minimum atomic E-state index is 0.849. The number of hydrogen-bond acceptors (Lipinski definition) is 5. The molecule has 22 heavy (non-hydrogen) atoms. The number of aromatic nitrogens is 6. The number of aromatic amines is 1. The number of fused-ring (bicyclic) bond motifs is 2. The molecule has 0 unspecified atom stereocenters. The summed E-state index contributed by atoms with van der Waals surface area (Å²) < 4.78 is 1.88.